The van der Waals surface area contributed by atoms with Crippen molar-refractivity contribution in [1.82, 2.24) is 0 Å². The Kier molecular flexibility index (Phi) is 7.15. The number of ether oxygens (including phenoxy) is 1. The van der Waals surface area contributed by atoms with Crippen LogP contribution in [0.25, 0.3) is 0 Å². The number of hydrogen-bond acceptors (Lipinski definition) is 5. The molecule has 2 N–H and O–H groups in total. The predicted octanol–water partition coefficient (Wildman–Crippen LogP) is 4.81. The zero-order chi connectivity index (χ0) is 21.9. The summed E-state index contributed by atoms with van der Waals surface area (Å²) >= 11 is 0. The lowest BCUT2D eigenvalue weighted by Gasteiger charge is -2.24. The minimum absolute atomic E-state index is 0.227. The van der Waals surface area contributed by atoms with Crippen molar-refractivity contribution >= 4 is 14.2 Å². The predicted molar refractivity (Wildman–Crippen MR) is 113 cm³/mol. The maximum absolute atomic E-state index is 12.0. The summed E-state index contributed by atoms with van der Waals surface area (Å²) in [5, 5.41) is 10.0. The van der Waals surface area contributed by atoms with Crippen LogP contribution in [0.2, 0.25) is 0 Å². The van der Waals surface area contributed by atoms with E-state index in [-0.39, 0.29) is 5.92 Å². The molecule has 0 aromatic heterocycles. The molecule has 29 heavy (non-hydrogen) atoms. The van der Waals surface area contributed by atoms with Crippen molar-refractivity contribution in [2.75, 3.05) is 0 Å². The van der Waals surface area contributed by atoms with Gasteiger partial charge in [-0.3, -0.25) is 0 Å². The lowest BCUT2D eigenvalue weighted by atomic mass is 9.93. The first-order valence-electron chi connectivity index (χ1n) is 9.47. The molecule has 0 saturated carbocycles. The Labute approximate surface area is 172 Å². The van der Waals surface area contributed by atoms with Gasteiger partial charge in [-0.25, -0.2) is 9.36 Å². The van der Waals surface area contributed by atoms with E-state index in [4.69, 9.17) is 9.63 Å². The highest BCUT2D eigenvalue weighted by Crippen LogP contribution is 2.31. The summed E-state index contributed by atoms with van der Waals surface area (Å²) in [5.41, 5.74) is 3.76. The van der Waals surface area contributed by atoms with Crippen LogP contribution in [0.15, 0.2) is 30.3 Å². The van der Waals surface area contributed by atoms with Crippen LogP contribution in [-0.2, 0) is 20.3 Å². The van der Waals surface area contributed by atoms with Crippen LogP contribution < -0.4 is 4.74 Å². The number of aryl methyl sites for hydroxylation is 2. The summed E-state index contributed by atoms with van der Waals surface area (Å²) in [6, 6.07) is 9.35. The summed E-state index contributed by atoms with van der Waals surface area (Å²) in [6.45, 7) is 11.0. The monoisotopic (exact) mass is 420 g/mol. The fraction of sp³-hybridized carbons (Fsp3) is 0.409. The second-order valence-electron chi connectivity index (χ2n) is 8.03. The fourth-order valence-electron chi connectivity index (χ4n) is 3.21. The van der Waals surface area contributed by atoms with E-state index in [1.165, 1.54) is 13.8 Å². The third kappa shape index (κ3) is 5.84. The molecule has 0 amide bonds. The van der Waals surface area contributed by atoms with Crippen molar-refractivity contribution < 1.29 is 28.6 Å². The van der Waals surface area contributed by atoms with Gasteiger partial charge in [0.1, 0.15) is 11.5 Å². The Balaban J connectivity index is 2.27. The zero-order valence-electron chi connectivity index (χ0n) is 17.7. The zero-order valence-corrected chi connectivity index (χ0v) is 18.7. The molecule has 0 radical (unpaired) electrons. The quantitative estimate of drug-likeness (QED) is 0.625. The summed E-state index contributed by atoms with van der Waals surface area (Å²) in [5.74, 6) is 0.121. The second-order valence-corrected chi connectivity index (χ2v) is 8.76. The van der Waals surface area contributed by atoms with Crippen molar-refractivity contribution in [3.05, 3.63) is 58.1 Å². The first kappa shape index (κ1) is 23.0. The van der Waals surface area contributed by atoms with Gasteiger partial charge in [0.25, 0.3) is 0 Å². The van der Waals surface area contributed by atoms with Crippen molar-refractivity contribution in [3.63, 3.8) is 0 Å². The molecule has 7 heteroatoms. The molecule has 2 aromatic carbocycles. The topological polar surface area (TPSA) is 93.1 Å². The van der Waals surface area contributed by atoms with Gasteiger partial charge in [0, 0.05) is 0 Å². The van der Waals surface area contributed by atoms with Crippen molar-refractivity contribution in [2.45, 2.75) is 59.5 Å². The Hall–Kier alpha value is -2.30. The minimum Gasteiger partial charge on any atom is -0.508 e. The van der Waals surface area contributed by atoms with Gasteiger partial charge in [-0.2, -0.15) is 0 Å². The molecule has 0 saturated heterocycles. The number of phenols is 1. The van der Waals surface area contributed by atoms with E-state index in [1.54, 1.807) is 6.07 Å². The first-order valence-corrected chi connectivity index (χ1v) is 10.7. The molecule has 2 rings (SSSR count). The van der Waals surface area contributed by atoms with Crippen LogP contribution >= 0.6 is 8.25 Å². The lowest BCUT2D eigenvalue weighted by Crippen LogP contribution is -2.38. The number of hydrogen-bond donors (Lipinski definition) is 2. The molecule has 0 aliphatic carbocycles. The molecule has 0 aliphatic heterocycles. The average Bonchev–Trinajstić information content (AvgIpc) is 2.58. The van der Waals surface area contributed by atoms with Gasteiger partial charge in [-0.05, 0) is 86.1 Å². The fourth-order valence-corrected chi connectivity index (χ4v) is 3.61. The van der Waals surface area contributed by atoms with E-state index < -0.39 is 19.8 Å². The van der Waals surface area contributed by atoms with E-state index in [9.17, 15) is 14.5 Å². The highest BCUT2D eigenvalue weighted by atomic mass is 31.1. The lowest BCUT2D eigenvalue weighted by molar-refractivity contribution is -0.149. The van der Waals surface area contributed by atoms with Crippen molar-refractivity contribution in [1.29, 1.82) is 0 Å². The average molecular weight is 420 g/mol. The Bertz CT molecular complexity index is 910. The molecule has 1 unspecified atom stereocenters. The van der Waals surface area contributed by atoms with Gasteiger partial charge < -0.3 is 19.3 Å². The second kappa shape index (κ2) is 9.02. The van der Waals surface area contributed by atoms with E-state index in [1.807, 2.05) is 52.0 Å². The van der Waals surface area contributed by atoms with Crippen LogP contribution in [-0.4, -0.2) is 21.6 Å². The normalized spacial score (nSPS) is 12.7. The largest absolute Gasteiger partial charge is 0.508 e. The molecule has 6 nitrogen and oxygen atoms in total. The minimum atomic E-state index is -3.37. The smallest absolute Gasteiger partial charge is 0.367 e. The molecule has 0 aliphatic rings. The number of aromatic hydroxyl groups is 1. The summed E-state index contributed by atoms with van der Waals surface area (Å²) in [7, 11) is -3.37. The number of benzene rings is 2. The number of carbonyl (C=O) groups is 1. The van der Waals surface area contributed by atoms with Gasteiger partial charge in [0.2, 0.25) is 5.60 Å². The first-order chi connectivity index (χ1) is 13.4. The third-order valence-corrected chi connectivity index (χ3v) is 5.17. The summed E-state index contributed by atoms with van der Waals surface area (Å²) < 4.78 is 21.0. The molecule has 0 spiro atoms. The number of phenolic OH excluding ortho intramolecular Hbond substituents is 1. The van der Waals surface area contributed by atoms with Gasteiger partial charge in [0.15, 0.2) is 0 Å². The molecule has 0 fully saturated rings. The molecular weight excluding hydrogens is 391 g/mol. The molecule has 1 atom stereocenters. The molecular formula is C22H29O6P. The van der Waals surface area contributed by atoms with Crippen molar-refractivity contribution in [3.8, 4) is 11.5 Å². The van der Waals surface area contributed by atoms with E-state index >= 15 is 0 Å². The van der Waals surface area contributed by atoms with E-state index in [0.29, 0.717) is 17.9 Å². The third-order valence-electron chi connectivity index (χ3n) is 4.81. The van der Waals surface area contributed by atoms with Crippen LogP contribution in [0.4, 0.5) is 0 Å². The van der Waals surface area contributed by atoms with Crippen LogP contribution in [0, 0.1) is 13.8 Å². The molecule has 0 bridgehead atoms. The van der Waals surface area contributed by atoms with E-state index in [0.717, 1.165) is 27.8 Å². The van der Waals surface area contributed by atoms with Gasteiger partial charge in [0.05, 0.1) is 0 Å². The molecule has 158 valence electrons. The van der Waals surface area contributed by atoms with Gasteiger partial charge >= 0.3 is 14.2 Å². The summed E-state index contributed by atoms with van der Waals surface area (Å²) in [6.07, 6.45) is 0.704. The van der Waals surface area contributed by atoms with Gasteiger partial charge in [-0.1, -0.05) is 26.0 Å². The summed E-state index contributed by atoms with van der Waals surface area (Å²) in [4.78, 5) is 20.8. The van der Waals surface area contributed by atoms with Crippen LogP contribution in [0.5, 0.6) is 11.5 Å². The number of carbonyl (C=O) groups excluding carboxylic acids is 1. The maximum Gasteiger partial charge on any atom is 0.367 e. The Morgan fingerprint density at radius 2 is 1.72 bits per heavy atom. The van der Waals surface area contributed by atoms with Crippen LogP contribution in [0.3, 0.4) is 0 Å². The molecule has 2 aromatic rings. The highest BCUT2D eigenvalue weighted by molar-refractivity contribution is 7.32. The van der Waals surface area contributed by atoms with Crippen LogP contribution in [0.1, 0.15) is 61.4 Å². The highest BCUT2D eigenvalue weighted by Gasteiger charge is 2.33. The van der Waals surface area contributed by atoms with E-state index in [2.05, 4.69) is 4.52 Å². The Morgan fingerprint density at radius 3 is 2.24 bits per heavy atom. The number of rotatable bonds is 7. The van der Waals surface area contributed by atoms with Gasteiger partial charge in [-0.15, -0.1) is 0 Å². The Morgan fingerprint density at radius 1 is 1.14 bits per heavy atom. The van der Waals surface area contributed by atoms with Crippen molar-refractivity contribution in [2.24, 2.45) is 0 Å². The maximum atomic E-state index is 12.0. The SMILES string of the molecule is Cc1cc(OC(C)(C)C(=O)O[PH](=O)O)cc(C)c1Cc1ccc(O)c(C(C)C)c1. The standard InChI is InChI=1S/C22H29O6P/c1-13(2)18-11-16(7-8-20(18)23)12-19-14(3)9-17(10-15(19)4)27-22(5,6)21(24)28-29(25)26/h7-11,13,23,29H,12H2,1-6H3,(H,25,26). The molecule has 0 heterocycles.